The summed E-state index contributed by atoms with van der Waals surface area (Å²) in [5.41, 5.74) is 1.23. The summed E-state index contributed by atoms with van der Waals surface area (Å²) < 4.78 is 11.7. The highest BCUT2D eigenvalue weighted by atomic mass is 16.6. The molecule has 0 fully saturated rings. The van der Waals surface area contributed by atoms with E-state index in [9.17, 15) is 9.59 Å². The Kier molecular flexibility index (Phi) is 4.74. The topological polar surface area (TPSA) is 83.3 Å². The lowest BCUT2D eigenvalue weighted by Gasteiger charge is -2.10. The average molecular weight is 339 g/mol. The number of aryl methyl sites for hydroxylation is 2. The van der Waals surface area contributed by atoms with Crippen LogP contribution in [-0.2, 0) is 11.3 Å². The highest BCUT2D eigenvalue weighted by molar-refractivity contribution is 5.76. The third kappa shape index (κ3) is 3.65. The molecule has 1 heterocycles. The van der Waals surface area contributed by atoms with Gasteiger partial charge in [0.05, 0.1) is 25.5 Å². The van der Waals surface area contributed by atoms with Crippen molar-refractivity contribution in [3.8, 4) is 11.5 Å². The van der Waals surface area contributed by atoms with Crippen LogP contribution in [0.2, 0.25) is 0 Å². The number of aromatic nitrogens is 3. The summed E-state index contributed by atoms with van der Waals surface area (Å²) in [6, 6.07) is 12.2. The minimum Gasteiger partial charge on any atom is -0.493 e. The van der Waals surface area contributed by atoms with Crippen molar-refractivity contribution in [2.75, 3.05) is 7.11 Å². The van der Waals surface area contributed by atoms with Gasteiger partial charge in [-0.2, -0.15) is 0 Å². The number of hydrogen-bond donors (Lipinski definition) is 0. The van der Waals surface area contributed by atoms with E-state index >= 15 is 0 Å². The standard InChI is InChI=1S/C18H17N3O4/c1-12-7-8-15(16(11-12)24-2)25-17(22)9-10-21-18(23)13-5-3-4-6-14(13)19-20-21/h3-8,11H,9-10H2,1-2H3. The second-order valence-electron chi connectivity index (χ2n) is 5.51. The van der Waals surface area contributed by atoms with Crippen molar-refractivity contribution >= 4 is 16.9 Å². The molecule has 0 atom stereocenters. The number of carbonyl (C=O) groups excluding carboxylic acids is 1. The number of carbonyl (C=O) groups is 1. The SMILES string of the molecule is COc1cc(C)ccc1OC(=O)CCn1nnc2ccccc2c1=O. The molecule has 2 aromatic carbocycles. The van der Waals surface area contributed by atoms with Gasteiger partial charge in [0.25, 0.3) is 5.56 Å². The minimum absolute atomic E-state index is 0.00996. The summed E-state index contributed by atoms with van der Waals surface area (Å²) in [6.07, 6.45) is -0.00996. The maximum atomic E-state index is 12.3. The first kappa shape index (κ1) is 16.6. The predicted octanol–water partition coefficient (Wildman–Crippen LogP) is 2.10. The molecule has 1 aromatic heterocycles. The van der Waals surface area contributed by atoms with E-state index in [4.69, 9.17) is 9.47 Å². The van der Waals surface area contributed by atoms with Gasteiger partial charge in [0.15, 0.2) is 11.5 Å². The minimum atomic E-state index is -0.482. The molecule has 0 saturated heterocycles. The summed E-state index contributed by atoms with van der Waals surface area (Å²) >= 11 is 0. The number of nitrogens with zero attached hydrogens (tertiary/aromatic N) is 3. The molecule has 0 aliphatic rings. The van der Waals surface area contributed by atoms with Gasteiger partial charge in [-0.3, -0.25) is 9.59 Å². The maximum Gasteiger partial charge on any atom is 0.313 e. The largest absolute Gasteiger partial charge is 0.493 e. The number of hydrogen-bond acceptors (Lipinski definition) is 6. The molecule has 0 radical (unpaired) electrons. The molecule has 7 nitrogen and oxygen atoms in total. The molecule has 0 spiro atoms. The van der Waals surface area contributed by atoms with Crippen LogP contribution in [0.25, 0.3) is 10.9 Å². The van der Waals surface area contributed by atoms with Crippen LogP contribution in [0.5, 0.6) is 11.5 Å². The van der Waals surface area contributed by atoms with E-state index in [1.165, 1.54) is 7.11 Å². The lowest BCUT2D eigenvalue weighted by Crippen LogP contribution is -2.26. The van der Waals surface area contributed by atoms with E-state index in [0.717, 1.165) is 10.2 Å². The molecule has 0 bridgehead atoms. The van der Waals surface area contributed by atoms with Crippen LogP contribution in [0.4, 0.5) is 0 Å². The number of methoxy groups -OCH3 is 1. The van der Waals surface area contributed by atoms with Crippen LogP contribution < -0.4 is 15.0 Å². The number of fused-ring (bicyclic) bond motifs is 1. The zero-order chi connectivity index (χ0) is 17.8. The molecule has 0 amide bonds. The molecule has 7 heteroatoms. The maximum absolute atomic E-state index is 12.3. The Morgan fingerprint density at radius 2 is 1.96 bits per heavy atom. The molecule has 0 unspecified atom stereocenters. The Hall–Kier alpha value is -3.22. The molecule has 0 N–H and O–H groups in total. The Balaban J connectivity index is 1.71. The van der Waals surface area contributed by atoms with Crippen molar-refractivity contribution in [3.05, 3.63) is 58.4 Å². The zero-order valence-corrected chi connectivity index (χ0v) is 13.9. The van der Waals surface area contributed by atoms with E-state index in [0.29, 0.717) is 22.4 Å². The molecule has 3 rings (SSSR count). The summed E-state index contributed by atoms with van der Waals surface area (Å²) in [6.45, 7) is 2.00. The van der Waals surface area contributed by atoms with Crippen LogP contribution >= 0.6 is 0 Å². The molecular formula is C18H17N3O4. The lowest BCUT2D eigenvalue weighted by molar-refractivity contribution is -0.134. The first-order valence-corrected chi connectivity index (χ1v) is 7.76. The summed E-state index contributed by atoms with van der Waals surface area (Å²) in [5.74, 6) is 0.343. The lowest BCUT2D eigenvalue weighted by atomic mass is 10.2. The fraction of sp³-hybridized carbons (Fsp3) is 0.222. The molecular weight excluding hydrogens is 322 g/mol. The Morgan fingerprint density at radius 3 is 2.76 bits per heavy atom. The van der Waals surface area contributed by atoms with Crippen molar-refractivity contribution in [1.82, 2.24) is 15.0 Å². The predicted molar refractivity (Wildman–Crippen MR) is 91.8 cm³/mol. The van der Waals surface area contributed by atoms with Crippen molar-refractivity contribution in [1.29, 1.82) is 0 Å². The van der Waals surface area contributed by atoms with Crippen molar-refractivity contribution in [2.45, 2.75) is 19.9 Å². The molecule has 25 heavy (non-hydrogen) atoms. The van der Waals surface area contributed by atoms with Crippen molar-refractivity contribution < 1.29 is 14.3 Å². The number of benzene rings is 2. The van der Waals surface area contributed by atoms with E-state index in [2.05, 4.69) is 10.3 Å². The smallest absolute Gasteiger partial charge is 0.313 e. The number of rotatable bonds is 5. The quantitative estimate of drug-likeness (QED) is 0.523. The van der Waals surface area contributed by atoms with Gasteiger partial charge in [0, 0.05) is 0 Å². The van der Waals surface area contributed by atoms with Gasteiger partial charge in [-0.15, -0.1) is 5.10 Å². The molecule has 128 valence electrons. The summed E-state index contributed by atoms with van der Waals surface area (Å²) in [7, 11) is 1.51. The highest BCUT2D eigenvalue weighted by Crippen LogP contribution is 2.28. The van der Waals surface area contributed by atoms with Crippen LogP contribution in [-0.4, -0.2) is 28.1 Å². The molecule has 3 aromatic rings. The van der Waals surface area contributed by atoms with E-state index in [-0.39, 0.29) is 18.5 Å². The van der Waals surface area contributed by atoms with Crippen LogP contribution in [0.1, 0.15) is 12.0 Å². The second kappa shape index (κ2) is 7.12. The molecule has 0 aliphatic heterocycles. The normalized spacial score (nSPS) is 10.6. The van der Waals surface area contributed by atoms with Crippen LogP contribution in [0, 0.1) is 6.92 Å². The fourth-order valence-electron chi connectivity index (χ4n) is 2.40. The van der Waals surface area contributed by atoms with Crippen LogP contribution in [0.15, 0.2) is 47.3 Å². The fourth-order valence-corrected chi connectivity index (χ4v) is 2.40. The molecule has 0 aliphatic carbocycles. The first-order chi connectivity index (χ1) is 12.1. The number of esters is 1. The van der Waals surface area contributed by atoms with Gasteiger partial charge >= 0.3 is 5.97 Å². The Morgan fingerprint density at radius 1 is 1.16 bits per heavy atom. The summed E-state index contributed by atoms with van der Waals surface area (Å²) in [5, 5.41) is 8.30. The van der Waals surface area contributed by atoms with Gasteiger partial charge in [-0.05, 0) is 36.8 Å². The highest BCUT2D eigenvalue weighted by Gasteiger charge is 2.12. The van der Waals surface area contributed by atoms with Crippen LogP contribution in [0.3, 0.4) is 0 Å². The van der Waals surface area contributed by atoms with Crippen molar-refractivity contribution in [2.24, 2.45) is 0 Å². The summed E-state index contributed by atoms with van der Waals surface area (Å²) in [4.78, 5) is 24.4. The molecule has 0 saturated carbocycles. The van der Waals surface area contributed by atoms with Gasteiger partial charge < -0.3 is 9.47 Å². The van der Waals surface area contributed by atoms with E-state index < -0.39 is 5.97 Å². The van der Waals surface area contributed by atoms with E-state index in [1.54, 1.807) is 36.4 Å². The van der Waals surface area contributed by atoms with Crippen molar-refractivity contribution in [3.63, 3.8) is 0 Å². The van der Waals surface area contributed by atoms with Gasteiger partial charge in [0.2, 0.25) is 0 Å². The second-order valence-corrected chi connectivity index (χ2v) is 5.51. The van der Waals surface area contributed by atoms with Gasteiger partial charge in [-0.1, -0.05) is 23.4 Å². The Labute approximate surface area is 143 Å². The monoisotopic (exact) mass is 339 g/mol. The number of ether oxygens (including phenoxy) is 2. The zero-order valence-electron chi connectivity index (χ0n) is 13.9. The third-order valence-corrected chi connectivity index (χ3v) is 3.70. The average Bonchev–Trinajstić information content (AvgIpc) is 2.63. The van der Waals surface area contributed by atoms with Gasteiger partial charge in [0.1, 0.15) is 5.52 Å². The van der Waals surface area contributed by atoms with Gasteiger partial charge in [-0.25, -0.2) is 4.68 Å². The van der Waals surface area contributed by atoms with E-state index in [1.807, 2.05) is 13.0 Å². The first-order valence-electron chi connectivity index (χ1n) is 7.76. The Bertz CT molecular complexity index is 981. The third-order valence-electron chi connectivity index (χ3n) is 3.70.